The van der Waals surface area contributed by atoms with Crippen molar-refractivity contribution in [2.75, 3.05) is 12.4 Å². The quantitative estimate of drug-likeness (QED) is 0.672. The fraction of sp³-hybridized carbons (Fsp3) is 0.222. The first-order valence-electron chi connectivity index (χ1n) is 4.37. The van der Waals surface area contributed by atoms with Gasteiger partial charge in [0.15, 0.2) is 0 Å². The first kappa shape index (κ1) is 14.1. The Bertz CT molecular complexity index is 528. The highest BCUT2D eigenvalue weighted by atomic mass is 79.9. The van der Waals surface area contributed by atoms with E-state index >= 15 is 0 Å². The van der Waals surface area contributed by atoms with Crippen molar-refractivity contribution in [2.24, 2.45) is 0 Å². The van der Waals surface area contributed by atoms with E-state index in [2.05, 4.69) is 20.7 Å². The summed E-state index contributed by atoms with van der Waals surface area (Å²) in [6.07, 6.45) is 0. The van der Waals surface area contributed by atoms with E-state index in [1.54, 1.807) is 0 Å². The molecule has 17 heavy (non-hydrogen) atoms. The summed E-state index contributed by atoms with van der Waals surface area (Å²) < 4.78 is 46.7. The Hall–Kier alpha value is -0.990. The van der Waals surface area contributed by atoms with Crippen LogP contribution in [0.2, 0.25) is 0 Å². The van der Waals surface area contributed by atoms with Gasteiger partial charge >= 0.3 is 5.97 Å². The molecule has 1 N–H and O–H groups in total. The van der Waals surface area contributed by atoms with E-state index in [0.717, 1.165) is 6.07 Å². The van der Waals surface area contributed by atoms with Gasteiger partial charge in [-0.1, -0.05) is 6.07 Å². The smallest absolute Gasteiger partial charge is 0.339 e. The fourth-order valence-corrected chi connectivity index (χ4v) is 1.70. The van der Waals surface area contributed by atoms with E-state index in [9.17, 15) is 17.6 Å². The normalized spacial score (nSPS) is 11.2. The third-order valence-electron chi connectivity index (χ3n) is 1.75. The van der Waals surface area contributed by atoms with Gasteiger partial charge in [0.25, 0.3) is 10.1 Å². The van der Waals surface area contributed by atoms with E-state index in [4.69, 9.17) is 4.55 Å². The molecule has 5 nitrogen and oxygen atoms in total. The molecule has 94 valence electrons. The van der Waals surface area contributed by atoms with E-state index in [-0.39, 0.29) is 10.0 Å². The Balaban J connectivity index is 2.68. The summed E-state index contributed by atoms with van der Waals surface area (Å²) in [4.78, 5) is 11.4. The molecule has 0 amide bonds. The number of hydrogen-bond donors (Lipinski definition) is 1. The van der Waals surface area contributed by atoms with E-state index in [1.807, 2.05) is 0 Å². The van der Waals surface area contributed by atoms with Crippen molar-refractivity contribution in [3.63, 3.8) is 0 Å². The van der Waals surface area contributed by atoms with Gasteiger partial charge in [0.1, 0.15) is 18.2 Å². The predicted octanol–water partition coefficient (Wildman–Crippen LogP) is 1.63. The van der Waals surface area contributed by atoms with Crippen LogP contribution >= 0.6 is 15.9 Å². The number of hydrogen-bond acceptors (Lipinski definition) is 4. The monoisotopic (exact) mass is 326 g/mol. The molecule has 0 bridgehead atoms. The van der Waals surface area contributed by atoms with Crippen LogP contribution in [0, 0.1) is 5.82 Å². The number of carbonyl (C=O) groups is 1. The van der Waals surface area contributed by atoms with Crippen molar-refractivity contribution in [2.45, 2.75) is 0 Å². The lowest BCUT2D eigenvalue weighted by molar-refractivity contribution is 0.0526. The summed E-state index contributed by atoms with van der Waals surface area (Å²) in [6, 6.07) is 3.79. The molecular formula is C9H8BrFO5S. The maximum Gasteiger partial charge on any atom is 0.339 e. The highest BCUT2D eigenvalue weighted by Crippen LogP contribution is 2.20. The summed E-state index contributed by atoms with van der Waals surface area (Å²) in [5.74, 6) is -2.21. The molecule has 0 aliphatic rings. The molecule has 0 atom stereocenters. The molecule has 0 aromatic heterocycles. The topological polar surface area (TPSA) is 80.7 Å². The van der Waals surface area contributed by atoms with Crippen LogP contribution in [0.4, 0.5) is 4.39 Å². The first-order chi connectivity index (χ1) is 7.81. The van der Waals surface area contributed by atoms with E-state index in [1.165, 1.54) is 12.1 Å². The minimum absolute atomic E-state index is 0.0552. The predicted molar refractivity (Wildman–Crippen MR) is 60.8 cm³/mol. The van der Waals surface area contributed by atoms with Gasteiger partial charge in [-0.15, -0.1) is 0 Å². The Morgan fingerprint density at radius 3 is 2.71 bits per heavy atom. The zero-order valence-electron chi connectivity index (χ0n) is 8.39. The van der Waals surface area contributed by atoms with Crippen LogP contribution < -0.4 is 0 Å². The summed E-state index contributed by atoms with van der Waals surface area (Å²) >= 11 is 2.87. The van der Waals surface area contributed by atoms with E-state index in [0.29, 0.717) is 0 Å². The highest BCUT2D eigenvalue weighted by molar-refractivity contribution is 9.10. The maximum atomic E-state index is 13.1. The molecule has 1 rings (SSSR count). The summed E-state index contributed by atoms with van der Waals surface area (Å²) in [5.41, 5.74) is -0.0552. The number of halogens is 2. The molecule has 0 aliphatic carbocycles. The van der Waals surface area contributed by atoms with Crippen LogP contribution in [0.3, 0.4) is 0 Å². The number of carbonyl (C=O) groups excluding carboxylic acids is 1. The van der Waals surface area contributed by atoms with Gasteiger partial charge in [0.05, 0.1) is 10.0 Å². The second-order valence-corrected chi connectivity index (χ2v) is 5.39. The Kier molecular flexibility index (Phi) is 4.61. The summed E-state index contributed by atoms with van der Waals surface area (Å²) in [7, 11) is -4.18. The van der Waals surface area contributed by atoms with Crippen molar-refractivity contribution in [1.82, 2.24) is 0 Å². The van der Waals surface area contributed by atoms with Crippen LogP contribution in [-0.4, -0.2) is 31.3 Å². The fourth-order valence-electron chi connectivity index (χ4n) is 0.979. The second kappa shape index (κ2) is 5.56. The molecule has 0 heterocycles. The standard InChI is InChI=1S/C9H8BrFO5S/c10-8-6(2-1-3-7(8)11)9(12)16-4-5-17(13,14)15/h1-3H,4-5H2,(H,13,14,15). The van der Waals surface area contributed by atoms with Gasteiger partial charge < -0.3 is 4.74 Å². The lowest BCUT2D eigenvalue weighted by Gasteiger charge is -2.05. The van der Waals surface area contributed by atoms with Crippen LogP contribution in [-0.2, 0) is 14.9 Å². The maximum absolute atomic E-state index is 13.1. The second-order valence-electron chi connectivity index (χ2n) is 3.02. The number of ether oxygens (including phenoxy) is 1. The molecule has 0 radical (unpaired) electrons. The number of rotatable bonds is 4. The van der Waals surface area contributed by atoms with Crippen LogP contribution in [0.5, 0.6) is 0 Å². The zero-order valence-corrected chi connectivity index (χ0v) is 10.8. The molecule has 0 unspecified atom stereocenters. The van der Waals surface area contributed by atoms with Gasteiger partial charge in [-0.3, -0.25) is 4.55 Å². The van der Waals surface area contributed by atoms with Crippen molar-refractivity contribution in [1.29, 1.82) is 0 Å². The minimum atomic E-state index is -4.18. The molecule has 0 saturated carbocycles. The Morgan fingerprint density at radius 1 is 1.47 bits per heavy atom. The lowest BCUT2D eigenvalue weighted by atomic mass is 10.2. The summed E-state index contributed by atoms with van der Waals surface area (Å²) in [5, 5.41) is 0. The number of esters is 1. The van der Waals surface area contributed by atoms with Crippen molar-refractivity contribution >= 4 is 32.0 Å². The van der Waals surface area contributed by atoms with E-state index < -0.39 is 34.3 Å². The minimum Gasteiger partial charge on any atom is -0.461 e. The Labute approximate surface area is 105 Å². The molecule has 1 aromatic rings. The van der Waals surface area contributed by atoms with Gasteiger partial charge in [-0.2, -0.15) is 8.42 Å². The molecule has 0 aliphatic heterocycles. The third kappa shape index (κ3) is 4.41. The van der Waals surface area contributed by atoms with Crippen LogP contribution in [0.1, 0.15) is 10.4 Å². The molecular weight excluding hydrogens is 319 g/mol. The molecule has 0 spiro atoms. The average molecular weight is 327 g/mol. The lowest BCUT2D eigenvalue weighted by Crippen LogP contribution is -2.15. The van der Waals surface area contributed by atoms with Crippen molar-refractivity contribution < 1.29 is 26.9 Å². The molecule has 0 fully saturated rings. The SMILES string of the molecule is O=C(OCCS(=O)(=O)O)c1cccc(F)c1Br. The molecule has 0 saturated heterocycles. The van der Waals surface area contributed by atoms with Crippen molar-refractivity contribution in [3.05, 3.63) is 34.1 Å². The summed E-state index contributed by atoms with van der Waals surface area (Å²) in [6.45, 7) is -0.499. The van der Waals surface area contributed by atoms with Crippen LogP contribution in [0.25, 0.3) is 0 Å². The Morgan fingerprint density at radius 2 is 2.12 bits per heavy atom. The largest absolute Gasteiger partial charge is 0.461 e. The van der Waals surface area contributed by atoms with Gasteiger partial charge in [0.2, 0.25) is 0 Å². The average Bonchev–Trinajstić information content (AvgIpc) is 2.20. The first-order valence-corrected chi connectivity index (χ1v) is 6.78. The third-order valence-corrected chi connectivity index (χ3v) is 3.23. The molecule has 1 aromatic carbocycles. The zero-order chi connectivity index (χ0) is 13.1. The van der Waals surface area contributed by atoms with Gasteiger partial charge in [0, 0.05) is 0 Å². The highest BCUT2D eigenvalue weighted by Gasteiger charge is 2.15. The van der Waals surface area contributed by atoms with Crippen LogP contribution in [0.15, 0.2) is 22.7 Å². The van der Waals surface area contributed by atoms with Gasteiger partial charge in [-0.25, -0.2) is 9.18 Å². The van der Waals surface area contributed by atoms with Gasteiger partial charge in [-0.05, 0) is 28.1 Å². The van der Waals surface area contributed by atoms with Crippen molar-refractivity contribution in [3.8, 4) is 0 Å². The number of benzene rings is 1. The molecule has 8 heteroatoms.